The molecule has 0 spiro atoms. The first kappa shape index (κ1) is 24.1. The van der Waals surface area contributed by atoms with Gasteiger partial charge in [-0.1, -0.05) is 23.9 Å². The zero-order valence-electron chi connectivity index (χ0n) is 18.5. The van der Waals surface area contributed by atoms with Crippen molar-refractivity contribution in [1.29, 1.82) is 0 Å². The van der Waals surface area contributed by atoms with Crippen LogP contribution in [-0.4, -0.2) is 57.1 Å². The number of hydrogen-bond acceptors (Lipinski definition) is 6. The van der Waals surface area contributed by atoms with Gasteiger partial charge < -0.3 is 14.4 Å². The molecule has 0 N–H and O–H groups in total. The summed E-state index contributed by atoms with van der Waals surface area (Å²) in [4.78, 5) is 14.6. The maximum Gasteiger partial charge on any atom is 0.233 e. The Labute approximate surface area is 181 Å². The number of amides is 1. The highest BCUT2D eigenvalue weighted by Crippen LogP contribution is 2.24. The number of halogens is 1. The number of methoxy groups -OCH3 is 1. The lowest BCUT2D eigenvalue weighted by atomic mass is 10.2. The SMILES string of the molecule is COC[C@@H](C)n1c(COc2ccccc2F)nnc1SCC(=O)N(C(C)C)C(C)C. The Bertz CT molecular complexity index is 820. The summed E-state index contributed by atoms with van der Waals surface area (Å²) in [6.45, 7) is 10.5. The van der Waals surface area contributed by atoms with Gasteiger partial charge in [-0.25, -0.2) is 4.39 Å². The summed E-state index contributed by atoms with van der Waals surface area (Å²) in [6.07, 6.45) is 0. The van der Waals surface area contributed by atoms with Crippen LogP contribution in [0.25, 0.3) is 0 Å². The molecule has 0 aliphatic carbocycles. The highest BCUT2D eigenvalue weighted by Gasteiger charge is 2.23. The fraction of sp³-hybridized carbons (Fsp3) is 0.571. The molecule has 166 valence electrons. The maximum atomic E-state index is 13.9. The number of rotatable bonds is 11. The van der Waals surface area contributed by atoms with Crippen LogP contribution in [-0.2, 0) is 16.1 Å². The Kier molecular flexibility index (Phi) is 9.10. The summed E-state index contributed by atoms with van der Waals surface area (Å²) < 4.78 is 26.6. The molecule has 0 saturated carbocycles. The number of benzene rings is 1. The summed E-state index contributed by atoms with van der Waals surface area (Å²) in [5.41, 5.74) is 0. The largest absolute Gasteiger partial charge is 0.483 e. The van der Waals surface area contributed by atoms with Crippen molar-refractivity contribution in [2.75, 3.05) is 19.5 Å². The molecule has 1 heterocycles. The summed E-state index contributed by atoms with van der Waals surface area (Å²) in [5, 5.41) is 9.08. The monoisotopic (exact) mass is 438 g/mol. The second-order valence-electron chi connectivity index (χ2n) is 7.57. The van der Waals surface area contributed by atoms with E-state index in [1.807, 2.05) is 44.1 Å². The third-order valence-electron chi connectivity index (χ3n) is 4.50. The van der Waals surface area contributed by atoms with E-state index in [9.17, 15) is 9.18 Å². The molecule has 0 saturated heterocycles. The van der Waals surface area contributed by atoms with Crippen molar-refractivity contribution in [3.05, 3.63) is 35.9 Å². The van der Waals surface area contributed by atoms with Crippen molar-refractivity contribution < 1.29 is 18.7 Å². The summed E-state index contributed by atoms with van der Waals surface area (Å²) in [6, 6.07) is 6.38. The molecule has 0 unspecified atom stereocenters. The maximum absolute atomic E-state index is 13.9. The minimum Gasteiger partial charge on any atom is -0.483 e. The van der Waals surface area contributed by atoms with E-state index in [-0.39, 0.29) is 42.1 Å². The van der Waals surface area contributed by atoms with E-state index < -0.39 is 5.82 Å². The number of aromatic nitrogens is 3. The van der Waals surface area contributed by atoms with Gasteiger partial charge in [-0.05, 0) is 46.8 Å². The molecule has 0 radical (unpaired) electrons. The molecule has 0 fully saturated rings. The molecule has 7 nitrogen and oxygen atoms in total. The van der Waals surface area contributed by atoms with Gasteiger partial charge in [-0.15, -0.1) is 10.2 Å². The first-order valence-corrected chi connectivity index (χ1v) is 11.0. The molecule has 0 aliphatic rings. The highest BCUT2D eigenvalue weighted by atomic mass is 32.2. The zero-order valence-corrected chi connectivity index (χ0v) is 19.3. The Morgan fingerprint density at radius 3 is 2.43 bits per heavy atom. The molecule has 0 bridgehead atoms. The van der Waals surface area contributed by atoms with Crippen LogP contribution in [0.3, 0.4) is 0 Å². The lowest BCUT2D eigenvalue weighted by Gasteiger charge is -2.30. The minimum absolute atomic E-state index is 0.0445. The quantitative estimate of drug-likeness (QED) is 0.495. The van der Waals surface area contributed by atoms with Gasteiger partial charge in [0.1, 0.15) is 6.61 Å². The van der Waals surface area contributed by atoms with E-state index in [1.54, 1.807) is 25.3 Å². The second kappa shape index (κ2) is 11.3. The van der Waals surface area contributed by atoms with Crippen molar-refractivity contribution in [1.82, 2.24) is 19.7 Å². The normalized spacial score (nSPS) is 12.4. The molecule has 2 aromatic rings. The highest BCUT2D eigenvalue weighted by molar-refractivity contribution is 7.99. The first-order chi connectivity index (χ1) is 14.3. The second-order valence-corrected chi connectivity index (χ2v) is 8.51. The first-order valence-electron chi connectivity index (χ1n) is 10.00. The number of ether oxygens (including phenoxy) is 2. The van der Waals surface area contributed by atoms with Gasteiger partial charge in [-0.2, -0.15) is 0 Å². The average molecular weight is 439 g/mol. The van der Waals surface area contributed by atoms with Gasteiger partial charge in [0.2, 0.25) is 5.91 Å². The van der Waals surface area contributed by atoms with Crippen molar-refractivity contribution in [3.63, 3.8) is 0 Å². The van der Waals surface area contributed by atoms with E-state index in [0.29, 0.717) is 17.6 Å². The van der Waals surface area contributed by atoms with E-state index >= 15 is 0 Å². The van der Waals surface area contributed by atoms with Crippen LogP contribution in [0.15, 0.2) is 29.4 Å². The number of carbonyl (C=O) groups is 1. The zero-order chi connectivity index (χ0) is 22.3. The summed E-state index contributed by atoms with van der Waals surface area (Å²) in [7, 11) is 1.62. The number of thioether (sulfide) groups is 1. The molecule has 1 aromatic heterocycles. The molecule has 1 aromatic carbocycles. The molecule has 9 heteroatoms. The molecule has 30 heavy (non-hydrogen) atoms. The average Bonchev–Trinajstić information content (AvgIpc) is 3.08. The number of nitrogens with zero attached hydrogens (tertiary/aromatic N) is 4. The standard InChI is InChI=1S/C21H31FN4O3S/c1-14(2)25(15(3)4)20(27)13-30-21-24-23-19(26(21)16(5)11-28-6)12-29-18-10-8-7-9-17(18)22/h7-10,14-16H,11-13H2,1-6H3/t16-/m1/s1. The molecule has 2 rings (SSSR count). The smallest absolute Gasteiger partial charge is 0.233 e. The lowest BCUT2D eigenvalue weighted by Crippen LogP contribution is -2.43. The molecule has 1 amide bonds. The Morgan fingerprint density at radius 2 is 1.83 bits per heavy atom. The van der Waals surface area contributed by atoms with Crippen LogP contribution < -0.4 is 4.74 Å². The predicted octanol–water partition coefficient (Wildman–Crippen LogP) is 3.94. The van der Waals surface area contributed by atoms with Gasteiger partial charge in [-0.3, -0.25) is 9.36 Å². The van der Waals surface area contributed by atoms with Crippen LogP contribution in [0.5, 0.6) is 5.75 Å². The summed E-state index contributed by atoms with van der Waals surface area (Å²) in [5.74, 6) is 0.560. The van der Waals surface area contributed by atoms with Crippen LogP contribution in [0.2, 0.25) is 0 Å². The number of hydrogen-bond donors (Lipinski definition) is 0. The van der Waals surface area contributed by atoms with E-state index in [1.165, 1.54) is 17.8 Å². The third kappa shape index (κ3) is 6.18. The number of carbonyl (C=O) groups excluding carboxylic acids is 1. The Morgan fingerprint density at radius 1 is 1.17 bits per heavy atom. The fourth-order valence-corrected chi connectivity index (χ4v) is 4.26. The van der Waals surface area contributed by atoms with Crippen LogP contribution in [0, 0.1) is 5.82 Å². The van der Waals surface area contributed by atoms with Crippen LogP contribution in [0.4, 0.5) is 4.39 Å². The van der Waals surface area contributed by atoms with Gasteiger partial charge in [0.05, 0.1) is 18.4 Å². The minimum atomic E-state index is -0.434. The van der Waals surface area contributed by atoms with Crippen molar-refractivity contribution in [2.45, 2.75) is 64.5 Å². The predicted molar refractivity (Wildman–Crippen MR) is 115 cm³/mol. The van der Waals surface area contributed by atoms with Crippen LogP contribution in [0.1, 0.15) is 46.5 Å². The topological polar surface area (TPSA) is 69.5 Å². The third-order valence-corrected chi connectivity index (χ3v) is 5.43. The molecule has 0 aliphatic heterocycles. The van der Waals surface area contributed by atoms with Crippen molar-refractivity contribution >= 4 is 17.7 Å². The van der Waals surface area contributed by atoms with Crippen LogP contribution >= 0.6 is 11.8 Å². The van der Waals surface area contributed by atoms with Crippen molar-refractivity contribution in [3.8, 4) is 5.75 Å². The van der Waals surface area contributed by atoms with Gasteiger partial charge >= 0.3 is 0 Å². The van der Waals surface area contributed by atoms with E-state index in [0.717, 1.165) is 0 Å². The van der Waals surface area contributed by atoms with E-state index in [4.69, 9.17) is 9.47 Å². The summed E-state index contributed by atoms with van der Waals surface area (Å²) >= 11 is 1.33. The van der Waals surface area contributed by atoms with Gasteiger partial charge in [0.25, 0.3) is 0 Å². The van der Waals surface area contributed by atoms with Crippen molar-refractivity contribution in [2.24, 2.45) is 0 Å². The fourth-order valence-electron chi connectivity index (χ4n) is 3.34. The molecule has 1 atom stereocenters. The Balaban J connectivity index is 2.17. The Hall–Kier alpha value is -2.13. The van der Waals surface area contributed by atoms with Gasteiger partial charge in [0.15, 0.2) is 22.5 Å². The van der Waals surface area contributed by atoms with E-state index in [2.05, 4.69) is 10.2 Å². The lowest BCUT2D eigenvalue weighted by molar-refractivity contribution is -0.131. The molecular weight excluding hydrogens is 407 g/mol. The molecular formula is C21H31FN4O3S. The number of para-hydroxylation sites is 1. The van der Waals surface area contributed by atoms with Gasteiger partial charge in [0, 0.05) is 19.2 Å².